The van der Waals surface area contributed by atoms with Gasteiger partial charge in [-0.1, -0.05) is 129 Å². The standard InChI is InChI=1S/C9H8FNO.C8H6BrFN2.C7H7BO3.C7H7FN2O2.C7H9FN2.C6H3F2NO2.10CH4/c1-11-8-4-2-3-7(10)6(8)5-9(11)12;1-12-6-4-2-3-5(10)7(6)11-8(12)9;9-5-6-1-3-7(4-2-6)8(10)11;1-9-6-4-2-3-5(8)7(6)10(11)12;1-10-6-4-2-3-5(8)7(6)9;7-4-2-1-3-5(8)6(4)9(10)11;;;;;;;;;;/h2-4H,5H2,1H3;2-4H,1H3;1-5,10-11H;2-4,9H,1H3;2-4,10H,9H2,1H3;1-3H;10*1H4. The molecule has 8 rings (SSSR count). The number of likely N-dealkylation sites (N-methyl/N-ethyl adjacent to an activating group) is 1. The average Bonchev–Trinajstić information content (AvgIpc) is 3.78. The molecule has 436 valence electrons. The number of halogens is 7. The van der Waals surface area contributed by atoms with Crippen molar-refractivity contribution >= 4 is 85.9 Å². The Labute approximate surface area is 465 Å². The fourth-order valence-corrected chi connectivity index (χ4v) is 6.03. The van der Waals surface area contributed by atoms with Crippen molar-refractivity contribution in [3.8, 4) is 0 Å². The summed E-state index contributed by atoms with van der Waals surface area (Å²) in [6, 6.07) is 27.0. The number of nitrogen functional groups attached to an aromatic ring is 1. The molecular formula is C54H80BBrF6N8O8. The Bertz CT molecular complexity index is 2870. The molecule has 1 aromatic heterocycles. The number of hydrogen-bond acceptors (Lipinski definition) is 12. The smallest absolute Gasteiger partial charge is 0.423 e. The van der Waals surface area contributed by atoms with Crippen LogP contribution < -0.4 is 26.7 Å². The van der Waals surface area contributed by atoms with Crippen LogP contribution in [-0.2, 0) is 18.3 Å². The van der Waals surface area contributed by atoms with E-state index in [0.29, 0.717) is 44.5 Å². The molecule has 7 aromatic rings. The lowest BCUT2D eigenvalue weighted by molar-refractivity contribution is -0.390. The highest BCUT2D eigenvalue weighted by molar-refractivity contribution is 9.10. The number of carbonyl (C=O) groups excluding carboxylic acids is 2. The second-order valence-corrected chi connectivity index (χ2v) is 14.2. The van der Waals surface area contributed by atoms with Crippen molar-refractivity contribution < 1.29 is 55.8 Å². The molecule has 6 aromatic carbocycles. The number of para-hydroxylation sites is 4. The number of anilines is 4. The van der Waals surface area contributed by atoms with E-state index in [1.54, 1.807) is 49.0 Å². The molecule has 0 aliphatic carbocycles. The third kappa shape index (κ3) is 23.6. The number of carbonyl (C=O) groups is 2. The molecule has 16 nitrogen and oxygen atoms in total. The van der Waals surface area contributed by atoms with E-state index in [0.717, 1.165) is 29.8 Å². The molecule has 1 aliphatic rings. The fourth-order valence-electron chi connectivity index (χ4n) is 5.66. The number of nitro benzene ring substituents is 2. The highest BCUT2D eigenvalue weighted by Crippen LogP contribution is 2.29. The average molecular weight is 1170 g/mol. The number of aromatic nitrogens is 2. The number of nitrogens with zero attached hydrogens (tertiary/aromatic N) is 5. The number of aryl methyl sites for hydroxylation is 1. The van der Waals surface area contributed by atoms with Gasteiger partial charge in [-0.05, 0) is 82.1 Å². The van der Waals surface area contributed by atoms with Crippen LogP contribution in [0.25, 0.3) is 11.0 Å². The van der Waals surface area contributed by atoms with Crippen molar-refractivity contribution in [1.82, 2.24) is 9.55 Å². The van der Waals surface area contributed by atoms with Crippen molar-refractivity contribution in [1.29, 1.82) is 0 Å². The maximum absolute atomic E-state index is 13.1. The summed E-state index contributed by atoms with van der Waals surface area (Å²) < 4.78 is 78.8. The van der Waals surface area contributed by atoms with Gasteiger partial charge in [0.15, 0.2) is 10.6 Å². The molecule has 0 fully saturated rings. The zero-order valence-corrected chi connectivity index (χ0v) is 37.7. The largest absolute Gasteiger partial charge is 0.488 e. The monoisotopic (exact) mass is 1170 g/mol. The molecule has 0 spiro atoms. The third-order valence-corrected chi connectivity index (χ3v) is 9.93. The summed E-state index contributed by atoms with van der Waals surface area (Å²) in [4.78, 5) is 45.3. The van der Waals surface area contributed by atoms with E-state index >= 15 is 0 Å². The minimum absolute atomic E-state index is 0. The van der Waals surface area contributed by atoms with Crippen LogP contribution in [0.15, 0.2) is 120 Å². The van der Waals surface area contributed by atoms with Crippen molar-refractivity contribution in [2.75, 3.05) is 42.4 Å². The number of nitrogens with two attached hydrogens (primary N) is 1. The Balaban J connectivity index is -0.000000123. The second kappa shape index (κ2) is 41.4. The minimum Gasteiger partial charge on any atom is -0.423 e. The Morgan fingerprint density at radius 3 is 1.44 bits per heavy atom. The first-order chi connectivity index (χ1) is 32.2. The van der Waals surface area contributed by atoms with Crippen molar-refractivity contribution in [3.63, 3.8) is 0 Å². The van der Waals surface area contributed by atoms with Crippen molar-refractivity contribution in [3.05, 3.63) is 186 Å². The summed E-state index contributed by atoms with van der Waals surface area (Å²) in [5.74, 6) is -4.14. The van der Waals surface area contributed by atoms with E-state index in [2.05, 4.69) is 31.5 Å². The predicted octanol–water partition coefficient (Wildman–Crippen LogP) is 14.5. The first-order valence-corrected chi connectivity index (χ1v) is 20.1. The summed E-state index contributed by atoms with van der Waals surface area (Å²) in [7, 11) is 5.23. The minimum atomic E-state index is -1.46. The van der Waals surface area contributed by atoms with Gasteiger partial charge in [-0.15, -0.1) is 0 Å². The number of rotatable bonds is 6. The van der Waals surface area contributed by atoms with Gasteiger partial charge in [0.25, 0.3) is 0 Å². The second-order valence-electron chi connectivity index (χ2n) is 13.5. The van der Waals surface area contributed by atoms with E-state index in [9.17, 15) is 56.2 Å². The van der Waals surface area contributed by atoms with Crippen LogP contribution in [0.5, 0.6) is 0 Å². The molecule has 6 N–H and O–H groups in total. The highest BCUT2D eigenvalue weighted by Gasteiger charge is 2.26. The molecule has 24 heteroatoms. The zero-order chi connectivity index (χ0) is 50.8. The number of nitrogens with one attached hydrogen (secondary N) is 2. The Morgan fingerprint density at radius 2 is 1.04 bits per heavy atom. The number of fused-ring (bicyclic) bond motifs is 2. The lowest BCUT2D eigenvalue weighted by atomic mass is 9.80. The molecule has 0 saturated carbocycles. The van der Waals surface area contributed by atoms with Gasteiger partial charge < -0.3 is 35.9 Å². The molecule has 0 bridgehead atoms. The number of hydrogen-bond donors (Lipinski definition) is 5. The summed E-state index contributed by atoms with van der Waals surface area (Å²) >= 11 is 3.23. The summed E-state index contributed by atoms with van der Waals surface area (Å²) in [5, 5.41) is 42.9. The molecule has 0 radical (unpaired) electrons. The number of imidazole rings is 1. The summed E-state index contributed by atoms with van der Waals surface area (Å²) in [6.07, 6.45) is 0.895. The van der Waals surface area contributed by atoms with Gasteiger partial charge in [0, 0.05) is 45.0 Å². The molecule has 1 aliphatic heterocycles. The van der Waals surface area contributed by atoms with Crippen LogP contribution in [0.4, 0.5) is 60.5 Å². The number of nitro groups is 2. The first kappa shape index (κ1) is 86.9. The van der Waals surface area contributed by atoms with E-state index < -0.39 is 45.8 Å². The maximum atomic E-state index is 13.1. The van der Waals surface area contributed by atoms with E-state index in [4.69, 9.17) is 15.8 Å². The van der Waals surface area contributed by atoms with Gasteiger partial charge in [-0.25, -0.2) is 18.2 Å². The molecule has 0 unspecified atom stereocenters. The van der Waals surface area contributed by atoms with E-state index in [1.807, 2.05) is 13.1 Å². The van der Waals surface area contributed by atoms with Gasteiger partial charge in [0.1, 0.15) is 29.1 Å². The van der Waals surface area contributed by atoms with Crippen LogP contribution in [0, 0.1) is 55.1 Å². The van der Waals surface area contributed by atoms with E-state index in [1.165, 1.54) is 66.5 Å². The lowest BCUT2D eigenvalue weighted by Crippen LogP contribution is -2.29. The van der Waals surface area contributed by atoms with Crippen molar-refractivity contribution in [2.24, 2.45) is 7.05 Å². The third-order valence-electron chi connectivity index (χ3n) is 9.22. The number of benzene rings is 6. The fraction of sp³-hybridized carbons (Fsp3) is 0.278. The lowest BCUT2D eigenvalue weighted by Gasteiger charge is -2.08. The molecule has 1 amide bonds. The van der Waals surface area contributed by atoms with Gasteiger partial charge in [-0.2, -0.15) is 13.2 Å². The molecule has 0 atom stereocenters. The van der Waals surface area contributed by atoms with Crippen LogP contribution >= 0.6 is 15.9 Å². The predicted molar refractivity (Wildman–Crippen MR) is 317 cm³/mol. The van der Waals surface area contributed by atoms with Gasteiger partial charge in [0.2, 0.25) is 23.4 Å². The summed E-state index contributed by atoms with van der Waals surface area (Å²) in [6.45, 7) is 0. The Kier molecular flexibility index (Phi) is 46.1. The van der Waals surface area contributed by atoms with Gasteiger partial charge >= 0.3 is 18.5 Å². The van der Waals surface area contributed by atoms with Gasteiger partial charge in [0.05, 0.1) is 33.2 Å². The SMILES string of the molecule is C.C.C.C.C.C.C.C.C.C.CN1C(=O)Cc2c(F)cccc21.CNc1cccc(F)c1N.CNc1cccc(F)c1[N+](=O)[O-].Cn1c(Br)nc2c(F)cccc21.O=Cc1ccc(B(O)O)cc1.O=[N+]([O-])c1c(F)cccc1F. The van der Waals surface area contributed by atoms with Gasteiger partial charge in [-0.3, -0.25) is 29.8 Å². The Morgan fingerprint density at radius 1 is 0.628 bits per heavy atom. The molecule has 2 heterocycles. The Hall–Kier alpha value is -7.83. The summed E-state index contributed by atoms with van der Waals surface area (Å²) in [5.41, 5.74) is 8.04. The molecular weight excluding hydrogens is 1090 g/mol. The van der Waals surface area contributed by atoms with Crippen LogP contribution in [-0.4, -0.2) is 69.9 Å². The maximum Gasteiger partial charge on any atom is 0.488 e. The van der Waals surface area contributed by atoms with Crippen LogP contribution in [0.2, 0.25) is 0 Å². The molecule has 0 saturated heterocycles. The zero-order valence-electron chi connectivity index (χ0n) is 36.1. The van der Waals surface area contributed by atoms with Crippen LogP contribution in [0.3, 0.4) is 0 Å². The van der Waals surface area contributed by atoms with Crippen LogP contribution in [0.1, 0.15) is 90.2 Å². The number of amides is 1. The molecule has 78 heavy (non-hydrogen) atoms. The normalized spacial score (nSPS) is 9.35. The highest BCUT2D eigenvalue weighted by atomic mass is 79.9. The quantitative estimate of drug-likeness (QED) is 0.0261. The number of aldehydes is 1. The topological polar surface area (TPSA) is 232 Å². The van der Waals surface area contributed by atoms with Crippen molar-refractivity contribution in [2.45, 2.75) is 80.7 Å². The first-order valence-electron chi connectivity index (χ1n) is 19.3. The van der Waals surface area contributed by atoms with E-state index in [-0.39, 0.29) is 115 Å².